The SMILES string of the molecule is CCCC1CCC(c2ccc(O)c([N+](=O)[O-])c2)CC1. The first-order valence-corrected chi connectivity index (χ1v) is 7.09. The van der Waals surface area contributed by atoms with Crippen LogP contribution in [0, 0.1) is 16.0 Å². The third-order valence-electron chi connectivity index (χ3n) is 4.21. The van der Waals surface area contributed by atoms with Crippen LogP contribution in [0.3, 0.4) is 0 Å². The van der Waals surface area contributed by atoms with E-state index in [1.165, 1.54) is 31.7 Å². The van der Waals surface area contributed by atoms with Crippen LogP contribution < -0.4 is 0 Å². The normalized spacial score (nSPS) is 23.2. The summed E-state index contributed by atoms with van der Waals surface area (Å²) in [6, 6.07) is 4.82. The van der Waals surface area contributed by atoms with E-state index >= 15 is 0 Å². The molecular weight excluding hydrogens is 242 g/mol. The van der Waals surface area contributed by atoms with Crippen LogP contribution in [-0.4, -0.2) is 10.0 Å². The molecule has 0 atom stereocenters. The molecular formula is C15H21NO3. The Morgan fingerprint density at radius 1 is 1.32 bits per heavy atom. The molecule has 0 heterocycles. The quantitative estimate of drug-likeness (QED) is 0.647. The van der Waals surface area contributed by atoms with Crippen molar-refractivity contribution in [2.24, 2.45) is 5.92 Å². The molecule has 104 valence electrons. The third-order valence-corrected chi connectivity index (χ3v) is 4.21. The van der Waals surface area contributed by atoms with E-state index in [0.717, 1.165) is 24.3 Å². The summed E-state index contributed by atoms with van der Waals surface area (Å²) >= 11 is 0. The fraction of sp³-hybridized carbons (Fsp3) is 0.600. The summed E-state index contributed by atoms with van der Waals surface area (Å²) in [7, 11) is 0. The first kappa shape index (κ1) is 13.8. The summed E-state index contributed by atoms with van der Waals surface area (Å²) < 4.78 is 0. The molecule has 2 rings (SSSR count). The lowest BCUT2D eigenvalue weighted by molar-refractivity contribution is -0.385. The van der Waals surface area contributed by atoms with E-state index in [9.17, 15) is 15.2 Å². The van der Waals surface area contributed by atoms with E-state index in [2.05, 4.69) is 6.92 Å². The highest BCUT2D eigenvalue weighted by atomic mass is 16.6. The first-order chi connectivity index (χ1) is 9.11. The van der Waals surface area contributed by atoms with Crippen molar-refractivity contribution in [3.05, 3.63) is 33.9 Å². The van der Waals surface area contributed by atoms with Gasteiger partial charge in [0.1, 0.15) is 0 Å². The molecule has 1 aromatic carbocycles. The molecule has 4 heteroatoms. The zero-order valence-corrected chi connectivity index (χ0v) is 11.3. The van der Waals surface area contributed by atoms with Crippen molar-refractivity contribution in [1.82, 2.24) is 0 Å². The zero-order valence-electron chi connectivity index (χ0n) is 11.3. The number of benzene rings is 1. The van der Waals surface area contributed by atoms with Crippen molar-refractivity contribution in [1.29, 1.82) is 0 Å². The van der Waals surface area contributed by atoms with Gasteiger partial charge in [0.15, 0.2) is 5.75 Å². The number of hydrogen-bond donors (Lipinski definition) is 1. The van der Waals surface area contributed by atoms with E-state index in [1.807, 2.05) is 6.07 Å². The zero-order chi connectivity index (χ0) is 13.8. The summed E-state index contributed by atoms with van der Waals surface area (Å²) in [6.45, 7) is 2.22. The predicted octanol–water partition coefficient (Wildman–Crippen LogP) is 4.37. The molecule has 0 amide bonds. The maximum absolute atomic E-state index is 10.8. The lowest BCUT2D eigenvalue weighted by Gasteiger charge is -2.28. The molecule has 0 aromatic heterocycles. The summed E-state index contributed by atoms with van der Waals surface area (Å²) in [5, 5.41) is 20.3. The van der Waals surface area contributed by atoms with Crippen LogP contribution in [0.1, 0.15) is 56.9 Å². The van der Waals surface area contributed by atoms with Crippen LogP contribution >= 0.6 is 0 Å². The Balaban J connectivity index is 2.07. The average molecular weight is 263 g/mol. The number of phenols is 1. The number of nitrogens with zero attached hydrogens (tertiary/aromatic N) is 1. The molecule has 1 aliphatic rings. The van der Waals surface area contributed by atoms with Gasteiger partial charge >= 0.3 is 5.69 Å². The standard InChI is InChI=1S/C15H21NO3/c1-2-3-11-4-6-12(7-5-11)13-8-9-15(17)14(10-13)16(18)19/h8-12,17H,2-7H2,1H3. The monoisotopic (exact) mass is 263 g/mol. The van der Waals surface area contributed by atoms with E-state index in [-0.39, 0.29) is 11.4 Å². The van der Waals surface area contributed by atoms with Crippen molar-refractivity contribution in [3.8, 4) is 5.75 Å². The summed E-state index contributed by atoms with van der Waals surface area (Å²) in [4.78, 5) is 10.3. The van der Waals surface area contributed by atoms with Crippen LogP contribution in [0.4, 0.5) is 5.69 Å². The fourth-order valence-corrected chi connectivity index (χ4v) is 3.13. The molecule has 0 radical (unpaired) electrons. The molecule has 0 saturated heterocycles. The molecule has 1 N–H and O–H groups in total. The van der Waals surface area contributed by atoms with Gasteiger partial charge in [0.2, 0.25) is 0 Å². The average Bonchev–Trinajstić information content (AvgIpc) is 2.40. The summed E-state index contributed by atoms with van der Waals surface area (Å²) in [5.74, 6) is 0.995. The number of nitro benzene ring substituents is 1. The maximum Gasteiger partial charge on any atom is 0.310 e. The second-order valence-electron chi connectivity index (χ2n) is 5.51. The number of aromatic hydroxyl groups is 1. The van der Waals surface area contributed by atoms with E-state index in [1.54, 1.807) is 6.07 Å². The lowest BCUT2D eigenvalue weighted by atomic mass is 9.77. The Labute approximate surface area is 113 Å². The predicted molar refractivity (Wildman–Crippen MR) is 74.4 cm³/mol. The van der Waals surface area contributed by atoms with Crippen LogP contribution in [0.5, 0.6) is 5.75 Å². The molecule has 0 unspecified atom stereocenters. The van der Waals surface area contributed by atoms with Gasteiger partial charge in [-0.15, -0.1) is 0 Å². The Morgan fingerprint density at radius 2 is 2.00 bits per heavy atom. The molecule has 19 heavy (non-hydrogen) atoms. The lowest BCUT2D eigenvalue weighted by Crippen LogP contribution is -2.13. The molecule has 1 fully saturated rings. The number of phenolic OH excluding ortho intramolecular Hbond substituents is 1. The van der Waals surface area contributed by atoms with Gasteiger partial charge in [-0.1, -0.05) is 25.8 Å². The van der Waals surface area contributed by atoms with Crippen LogP contribution in [0.2, 0.25) is 0 Å². The van der Waals surface area contributed by atoms with Crippen molar-refractivity contribution in [3.63, 3.8) is 0 Å². The number of hydrogen-bond acceptors (Lipinski definition) is 3. The largest absolute Gasteiger partial charge is 0.502 e. The van der Waals surface area contributed by atoms with Crippen molar-refractivity contribution < 1.29 is 10.0 Å². The smallest absolute Gasteiger partial charge is 0.310 e. The first-order valence-electron chi connectivity index (χ1n) is 7.09. The molecule has 0 aliphatic heterocycles. The highest BCUT2D eigenvalue weighted by Gasteiger charge is 2.24. The Hall–Kier alpha value is -1.58. The third kappa shape index (κ3) is 3.25. The van der Waals surface area contributed by atoms with E-state index in [0.29, 0.717) is 5.92 Å². The molecule has 0 bridgehead atoms. The molecule has 0 spiro atoms. The molecule has 1 aromatic rings. The minimum absolute atomic E-state index is 0.173. The summed E-state index contributed by atoms with van der Waals surface area (Å²) in [5.41, 5.74) is 0.827. The van der Waals surface area contributed by atoms with Gasteiger partial charge in [-0.05, 0) is 49.1 Å². The minimum Gasteiger partial charge on any atom is -0.502 e. The van der Waals surface area contributed by atoms with Crippen molar-refractivity contribution >= 4 is 5.69 Å². The van der Waals surface area contributed by atoms with Crippen LogP contribution in [0.15, 0.2) is 18.2 Å². The minimum atomic E-state index is -0.512. The highest BCUT2D eigenvalue weighted by Crippen LogP contribution is 2.39. The second kappa shape index (κ2) is 6.04. The molecule has 4 nitrogen and oxygen atoms in total. The molecule has 1 saturated carbocycles. The van der Waals surface area contributed by atoms with E-state index in [4.69, 9.17) is 0 Å². The Bertz CT molecular complexity index is 451. The van der Waals surface area contributed by atoms with Crippen LogP contribution in [0.25, 0.3) is 0 Å². The van der Waals surface area contributed by atoms with Gasteiger partial charge in [0, 0.05) is 6.07 Å². The number of nitro groups is 1. The Morgan fingerprint density at radius 3 is 2.58 bits per heavy atom. The van der Waals surface area contributed by atoms with Gasteiger partial charge < -0.3 is 5.11 Å². The van der Waals surface area contributed by atoms with Crippen molar-refractivity contribution in [2.75, 3.05) is 0 Å². The highest BCUT2D eigenvalue weighted by molar-refractivity contribution is 5.48. The topological polar surface area (TPSA) is 63.4 Å². The van der Waals surface area contributed by atoms with Crippen LogP contribution in [-0.2, 0) is 0 Å². The molecule has 1 aliphatic carbocycles. The van der Waals surface area contributed by atoms with Crippen molar-refractivity contribution in [2.45, 2.75) is 51.4 Å². The van der Waals surface area contributed by atoms with E-state index < -0.39 is 4.92 Å². The Kier molecular flexibility index (Phi) is 4.40. The fourth-order valence-electron chi connectivity index (χ4n) is 3.13. The second-order valence-corrected chi connectivity index (χ2v) is 5.51. The van der Waals surface area contributed by atoms with Gasteiger partial charge in [-0.3, -0.25) is 10.1 Å². The summed E-state index contributed by atoms with van der Waals surface area (Å²) in [6.07, 6.45) is 7.17. The van der Waals surface area contributed by atoms with Gasteiger partial charge in [0.25, 0.3) is 0 Å². The van der Waals surface area contributed by atoms with Gasteiger partial charge in [0.05, 0.1) is 4.92 Å². The maximum atomic E-state index is 10.8. The van der Waals surface area contributed by atoms with Gasteiger partial charge in [-0.25, -0.2) is 0 Å². The van der Waals surface area contributed by atoms with Gasteiger partial charge in [-0.2, -0.15) is 0 Å². The number of rotatable bonds is 4.